The molecular weight excluding hydrogens is 305 g/mol. The molecule has 0 aliphatic heterocycles. The predicted molar refractivity (Wildman–Crippen MR) is 78.2 cm³/mol. The SMILES string of the molecule is Nc1cc(CS(=O)(=O)c2ccccc2Cl)ccc1Cl. The molecule has 2 aromatic rings. The molecule has 0 bridgehead atoms. The third-order valence-corrected chi connectivity index (χ3v) is 5.11. The second-order valence-electron chi connectivity index (χ2n) is 4.05. The summed E-state index contributed by atoms with van der Waals surface area (Å²) in [4.78, 5) is 0.116. The Morgan fingerprint density at radius 1 is 1.00 bits per heavy atom. The fourth-order valence-electron chi connectivity index (χ4n) is 1.68. The zero-order chi connectivity index (χ0) is 14.0. The number of halogens is 2. The number of nitrogens with two attached hydrogens (primary N) is 1. The highest BCUT2D eigenvalue weighted by atomic mass is 35.5. The van der Waals surface area contributed by atoms with Crippen LogP contribution in [0.3, 0.4) is 0 Å². The van der Waals surface area contributed by atoms with Gasteiger partial charge in [-0.25, -0.2) is 8.42 Å². The van der Waals surface area contributed by atoms with Crippen LogP contribution in [-0.2, 0) is 15.6 Å². The number of sulfone groups is 1. The van der Waals surface area contributed by atoms with Crippen LogP contribution in [-0.4, -0.2) is 8.42 Å². The molecule has 0 radical (unpaired) electrons. The quantitative estimate of drug-likeness (QED) is 0.881. The normalized spacial score (nSPS) is 11.5. The first-order chi connectivity index (χ1) is 8.90. The van der Waals surface area contributed by atoms with Gasteiger partial charge in [-0.15, -0.1) is 0 Å². The Balaban J connectivity index is 2.37. The average molecular weight is 316 g/mol. The van der Waals surface area contributed by atoms with Crippen molar-refractivity contribution in [1.82, 2.24) is 0 Å². The minimum Gasteiger partial charge on any atom is -0.398 e. The Kier molecular flexibility index (Phi) is 4.04. The molecule has 6 heteroatoms. The summed E-state index contributed by atoms with van der Waals surface area (Å²) in [5.41, 5.74) is 6.58. The Bertz CT molecular complexity index is 714. The fraction of sp³-hybridized carbons (Fsp3) is 0.0769. The lowest BCUT2D eigenvalue weighted by atomic mass is 10.2. The van der Waals surface area contributed by atoms with Gasteiger partial charge in [-0.05, 0) is 29.8 Å². The van der Waals surface area contributed by atoms with E-state index in [1.807, 2.05) is 0 Å². The predicted octanol–water partition coefficient (Wildman–Crippen LogP) is 3.55. The summed E-state index contributed by atoms with van der Waals surface area (Å²) < 4.78 is 24.5. The number of benzene rings is 2. The van der Waals surface area contributed by atoms with Gasteiger partial charge >= 0.3 is 0 Å². The van der Waals surface area contributed by atoms with Crippen LogP contribution in [0, 0.1) is 0 Å². The summed E-state index contributed by atoms with van der Waals surface area (Å²) in [5, 5.41) is 0.614. The molecule has 0 heterocycles. The van der Waals surface area contributed by atoms with Crippen molar-refractivity contribution in [1.29, 1.82) is 0 Å². The van der Waals surface area contributed by atoms with Gasteiger partial charge in [-0.3, -0.25) is 0 Å². The highest BCUT2D eigenvalue weighted by Gasteiger charge is 2.18. The molecule has 0 unspecified atom stereocenters. The Morgan fingerprint density at radius 3 is 2.32 bits per heavy atom. The van der Waals surface area contributed by atoms with Gasteiger partial charge in [-0.2, -0.15) is 0 Å². The fourth-order valence-corrected chi connectivity index (χ4v) is 3.71. The van der Waals surface area contributed by atoms with Crippen LogP contribution < -0.4 is 5.73 Å². The van der Waals surface area contributed by atoms with Crippen LogP contribution in [0.5, 0.6) is 0 Å². The van der Waals surface area contributed by atoms with E-state index in [0.717, 1.165) is 0 Å². The van der Waals surface area contributed by atoms with Gasteiger partial charge < -0.3 is 5.73 Å². The summed E-state index contributed by atoms with van der Waals surface area (Å²) in [6.45, 7) is 0. The van der Waals surface area contributed by atoms with E-state index < -0.39 is 9.84 Å². The number of anilines is 1. The first-order valence-corrected chi connectivity index (χ1v) is 7.82. The van der Waals surface area contributed by atoms with Crippen LogP contribution in [0.2, 0.25) is 10.0 Å². The van der Waals surface area contributed by atoms with Gasteiger partial charge in [0.05, 0.1) is 26.4 Å². The maximum atomic E-state index is 12.3. The van der Waals surface area contributed by atoms with E-state index in [9.17, 15) is 8.42 Å². The maximum Gasteiger partial charge on any atom is 0.183 e. The Labute approximate surface area is 121 Å². The van der Waals surface area contributed by atoms with Crippen LogP contribution in [0.1, 0.15) is 5.56 Å². The molecule has 2 aromatic carbocycles. The van der Waals surface area contributed by atoms with Gasteiger partial charge in [0.15, 0.2) is 9.84 Å². The van der Waals surface area contributed by atoms with Crippen LogP contribution in [0.25, 0.3) is 0 Å². The maximum absolute atomic E-state index is 12.3. The van der Waals surface area contributed by atoms with Crippen molar-refractivity contribution in [3.63, 3.8) is 0 Å². The zero-order valence-electron chi connectivity index (χ0n) is 9.81. The second-order valence-corrected chi connectivity index (χ2v) is 6.82. The molecular formula is C13H11Cl2NO2S. The minimum atomic E-state index is -3.50. The summed E-state index contributed by atoms with van der Waals surface area (Å²) in [6, 6.07) is 11.1. The highest BCUT2D eigenvalue weighted by Crippen LogP contribution is 2.26. The van der Waals surface area contributed by atoms with E-state index in [0.29, 0.717) is 16.3 Å². The lowest BCUT2D eigenvalue weighted by Gasteiger charge is -2.07. The Hall–Kier alpha value is -1.23. The number of nitrogen functional groups attached to an aromatic ring is 1. The number of hydrogen-bond acceptors (Lipinski definition) is 3. The van der Waals surface area contributed by atoms with Crippen molar-refractivity contribution in [2.24, 2.45) is 0 Å². The van der Waals surface area contributed by atoms with Crippen LogP contribution >= 0.6 is 23.2 Å². The van der Waals surface area contributed by atoms with Gasteiger partial charge in [0.2, 0.25) is 0 Å². The van der Waals surface area contributed by atoms with Crippen molar-refractivity contribution >= 4 is 38.7 Å². The smallest absolute Gasteiger partial charge is 0.183 e. The first-order valence-electron chi connectivity index (χ1n) is 5.41. The molecule has 19 heavy (non-hydrogen) atoms. The summed E-state index contributed by atoms with van der Waals surface area (Å²) in [7, 11) is -3.50. The summed E-state index contributed by atoms with van der Waals surface area (Å²) >= 11 is 11.7. The lowest BCUT2D eigenvalue weighted by molar-refractivity contribution is 0.595. The van der Waals surface area contributed by atoms with E-state index in [2.05, 4.69) is 0 Å². The molecule has 100 valence electrons. The third kappa shape index (κ3) is 3.21. The van der Waals surface area contributed by atoms with E-state index >= 15 is 0 Å². The molecule has 2 N–H and O–H groups in total. The van der Waals surface area contributed by atoms with Crippen molar-refractivity contribution in [2.75, 3.05) is 5.73 Å². The molecule has 2 rings (SSSR count). The first kappa shape index (κ1) is 14.2. The third-order valence-electron chi connectivity index (χ3n) is 2.59. The van der Waals surface area contributed by atoms with E-state index in [1.165, 1.54) is 6.07 Å². The molecule has 0 aromatic heterocycles. The van der Waals surface area contributed by atoms with E-state index in [1.54, 1.807) is 36.4 Å². The molecule has 3 nitrogen and oxygen atoms in total. The van der Waals surface area contributed by atoms with E-state index in [4.69, 9.17) is 28.9 Å². The number of hydrogen-bond donors (Lipinski definition) is 1. The van der Waals surface area contributed by atoms with Gasteiger partial charge in [0.1, 0.15) is 0 Å². The molecule has 0 fully saturated rings. The van der Waals surface area contributed by atoms with Crippen LogP contribution in [0.15, 0.2) is 47.4 Å². The molecule has 0 amide bonds. The van der Waals surface area contributed by atoms with Gasteiger partial charge in [-0.1, -0.05) is 41.4 Å². The van der Waals surface area contributed by atoms with E-state index in [-0.39, 0.29) is 15.7 Å². The monoisotopic (exact) mass is 315 g/mol. The second kappa shape index (κ2) is 5.41. The van der Waals surface area contributed by atoms with Crippen molar-refractivity contribution < 1.29 is 8.42 Å². The van der Waals surface area contributed by atoms with Gasteiger partial charge in [0.25, 0.3) is 0 Å². The largest absolute Gasteiger partial charge is 0.398 e. The molecule has 0 spiro atoms. The standard InChI is InChI=1S/C13H11Cl2NO2S/c14-10-6-5-9(7-12(10)16)8-19(17,18)13-4-2-1-3-11(13)15/h1-7H,8,16H2. The van der Waals surface area contributed by atoms with Crippen molar-refractivity contribution in [3.8, 4) is 0 Å². The van der Waals surface area contributed by atoms with Crippen LogP contribution in [0.4, 0.5) is 5.69 Å². The van der Waals surface area contributed by atoms with Crippen molar-refractivity contribution in [3.05, 3.63) is 58.1 Å². The molecule has 0 saturated heterocycles. The molecule has 0 atom stereocenters. The topological polar surface area (TPSA) is 60.2 Å². The Morgan fingerprint density at radius 2 is 1.68 bits per heavy atom. The lowest BCUT2D eigenvalue weighted by Crippen LogP contribution is -2.06. The average Bonchev–Trinajstić information content (AvgIpc) is 2.34. The number of rotatable bonds is 3. The summed E-state index contributed by atoms with van der Waals surface area (Å²) in [5.74, 6) is -0.169. The minimum absolute atomic E-state index is 0.116. The summed E-state index contributed by atoms with van der Waals surface area (Å²) in [6.07, 6.45) is 0. The molecule has 0 saturated carbocycles. The van der Waals surface area contributed by atoms with Gasteiger partial charge in [0, 0.05) is 0 Å². The van der Waals surface area contributed by atoms with Crippen molar-refractivity contribution in [2.45, 2.75) is 10.6 Å². The zero-order valence-corrected chi connectivity index (χ0v) is 12.1. The highest BCUT2D eigenvalue weighted by molar-refractivity contribution is 7.90. The molecule has 0 aliphatic rings. The molecule has 0 aliphatic carbocycles.